The number of nitrogens with zero attached hydrogens (tertiary/aromatic N) is 2. The first-order valence-electron chi connectivity index (χ1n) is 12.4. The van der Waals surface area contributed by atoms with E-state index in [0.29, 0.717) is 12.8 Å². The zero-order valence-electron chi connectivity index (χ0n) is 21.9. The van der Waals surface area contributed by atoms with Gasteiger partial charge >= 0.3 is 11.9 Å². The molecule has 0 radical (unpaired) electrons. The largest absolute Gasteiger partial charge is 0.481 e. The summed E-state index contributed by atoms with van der Waals surface area (Å²) in [5.41, 5.74) is -1.77. The average molecular weight is 570 g/mol. The van der Waals surface area contributed by atoms with Crippen LogP contribution in [0.4, 0.5) is 0 Å². The molecule has 38 heavy (non-hydrogen) atoms. The molecule has 3 atom stereocenters. The van der Waals surface area contributed by atoms with Gasteiger partial charge < -0.3 is 25.0 Å². The number of carbonyl (C=O) groups excluding carboxylic acids is 4. The van der Waals surface area contributed by atoms with Gasteiger partial charge in [0.25, 0.3) is 5.91 Å². The van der Waals surface area contributed by atoms with Gasteiger partial charge in [-0.3, -0.25) is 19.2 Å². The van der Waals surface area contributed by atoms with Crippen molar-refractivity contribution in [2.75, 3.05) is 33.3 Å². The first kappa shape index (κ1) is 29.7. The van der Waals surface area contributed by atoms with Gasteiger partial charge in [0.15, 0.2) is 0 Å². The van der Waals surface area contributed by atoms with E-state index in [0.717, 1.165) is 7.11 Å². The summed E-state index contributed by atoms with van der Waals surface area (Å²) in [4.78, 5) is 66.6. The Morgan fingerprint density at radius 1 is 1.05 bits per heavy atom. The Balaban J connectivity index is 1.63. The van der Waals surface area contributed by atoms with Crippen LogP contribution < -0.4 is 5.32 Å². The number of rotatable bonds is 7. The van der Waals surface area contributed by atoms with Crippen molar-refractivity contribution in [3.8, 4) is 0 Å². The molecule has 1 saturated carbocycles. The van der Waals surface area contributed by atoms with Crippen LogP contribution in [-0.4, -0.2) is 83.9 Å². The standard InChI is InChI=1S/C26H33Cl2N3O7/c1-25(2)15(8-9-26(25,3)24(36)37)21(33)29-18(23(35)38-4)14-19(32)30-10-12-31(13-11-30)22(34)20-16(27)6-5-7-17(20)28/h5-7,15,18H,8-14H2,1-4H3,(H,29,33)(H,36,37)/t15-,18+,26-/m1/s1. The molecule has 1 aromatic rings. The molecular formula is C26H33Cl2N3O7. The van der Waals surface area contributed by atoms with E-state index in [-0.39, 0.29) is 60.0 Å². The first-order valence-corrected chi connectivity index (χ1v) is 13.1. The average Bonchev–Trinajstić information content (AvgIpc) is 3.12. The quantitative estimate of drug-likeness (QED) is 0.482. The number of esters is 1. The minimum absolute atomic E-state index is 0.206. The highest BCUT2D eigenvalue weighted by molar-refractivity contribution is 6.39. The maximum atomic E-state index is 13.2. The molecule has 3 amide bonds. The van der Waals surface area contributed by atoms with Gasteiger partial charge in [-0.1, -0.05) is 43.1 Å². The molecule has 0 spiro atoms. The van der Waals surface area contributed by atoms with Crippen molar-refractivity contribution >= 4 is 52.9 Å². The number of methoxy groups -OCH3 is 1. The molecule has 2 aliphatic rings. The van der Waals surface area contributed by atoms with Gasteiger partial charge in [0, 0.05) is 32.1 Å². The molecular weight excluding hydrogens is 537 g/mol. The third kappa shape index (κ3) is 5.61. The number of ether oxygens (including phenoxy) is 1. The lowest BCUT2D eigenvalue weighted by molar-refractivity contribution is -0.156. The van der Waals surface area contributed by atoms with E-state index in [9.17, 15) is 29.1 Å². The van der Waals surface area contributed by atoms with Crippen LogP contribution in [0, 0.1) is 16.7 Å². The summed E-state index contributed by atoms with van der Waals surface area (Å²) in [6.07, 6.45) is 0.332. The fraction of sp³-hybridized carbons (Fsp3) is 0.577. The summed E-state index contributed by atoms with van der Waals surface area (Å²) in [6, 6.07) is 3.58. The van der Waals surface area contributed by atoms with Gasteiger partial charge in [-0.2, -0.15) is 0 Å². The molecule has 0 aromatic heterocycles. The minimum Gasteiger partial charge on any atom is -0.481 e. The molecule has 12 heteroatoms. The number of carboxylic acid groups (broad SMARTS) is 1. The molecule has 0 bridgehead atoms. The fourth-order valence-corrected chi connectivity index (χ4v) is 5.83. The molecule has 1 saturated heterocycles. The highest BCUT2D eigenvalue weighted by Gasteiger charge is 2.58. The van der Waals surface area contributed by atoms with E-state index in [1.807, 2.05) is 0 Å². The molecule has 1 aromatic carbocycles. The van der Waals surface area contributed by atoms with E-state index in [1.165, 1.54) is 4.90 Å². The van der Waals surface area contributed by atoms with Gasteiger partial charge in [0.2, 0.25) is 11.8 Å². The molecule has 1 aliphatic carbocycles. The predicted octanol–water partition coefficient (Wildman–Crippen LogP) is 2.85. The minimum atomic E-state index is -1.23. The maximum absolute atomic E-state index is 13.2. The fourth-order valence-electron chi connectivity index (χ4n) is 5.27. The lowest BCUT2D eigenvalue weighted by Crippen LogP contribution is -2.53. The number of amides is 3. The third-order valence-corrected chi connectivity index (χ3v) is 8.92. The number of carbonyl (C=O) groups is 5. The Kier molecular flexibility index (Phi) is 8.98. The van der Waals surface area contributed by atoms with Crippen molar-refractivity contribution in [1.82, 2.24) is 15.1 Å². The smallest absolute Gasteiger partial charge is 0.328 e. The monoisotopic (exact) mass is 569 g/mol. The second-order valence-electron chi connectivity index (χ2n) is 10.5. The zero-order chi connectivity index (χ0) is 28.4. The zero-order valence-corrected chi connectivity index (χ0v) is 23.4. The lowest BCUT2D eigenvalue weighted by Gasteiger charge is -2.38. The van der Waals surface area contributed by atoms with Gasteiger partial charge in [0.05, 0.1) is 34.6 Å². The van der Waals surface area contributed by atoms with Gasteiger partial charge in [0.1, 0.15) is 6.04 Å². The van der Waals surface area contributed by atoms with E-state index < -0.39 is 40.6 Å². The van der Waals surface area contributed by atoms with Crippen molar-refractivity contribution in [1.29, 1.82) is 0 Å². The number of benzene rings is 1. The van der Waals surface area contributed by atoms with Crippen LogP contribution in [0.1, 0.15) is 50.4 Å². The molecule has 10 nitrogen and oxygen atoms in total. The highest BCUT2D eigenvalue weighted by Crippen LogP contribution is 2.56. The Morgan fingerprint density at radius 3 is 2.11 bits per heavy atom. The van der Waals surface area contributed by atoms with Crippen molar-refractivity contribution in [3.63, 3.8) is 0 Å². The van der Waals surface area contributed by atoms with Gasteiger partial charge in [-0.05, 0) is 37.3 Å². The summed E-state index contributed by atoms with van der Waals surface area (Å²) in [5, 5.41) is 12.8. The normalized spacial score (nSPS) is 23.5. The molecule has 2 fully saturated rings. The van der Waals surface area contributed by atoms with Gasteiger partial charge in [-0.25, -0.2) is 4.79 Å². The van der Waals surface area contributed by atoms with E-state index in [4.69, 9.17) is 27.9 Å². The Hall–Kier alpha value is -2.85. The van der Waals surface area contributed by atoms with Crippen LogP contribution in [0.2, 0.25) is 10.0 Å². The summed E-state index contributed by atoms with van der Waals surface area (Å²) in [6.45, 7) is 6.01. The van der Waals surface area contributed by atoms with Crippen LogP contribution in [0.3, 0.4) is 0 Å². The first-order chi connectivity index (χ1) is 17.7. The van der Waals surface area contributed by atoms with Crippen LogP contribution in [0.5, 0.6) is 0 Å². The molecule has 3 rings (SSSR count). The Labute approximate surface area is 231 Å². The van der Waals surface area contributed by atoms with E-state index in [2.05, 4.69) is 5.32 Å². The second kappa shape index (κ2) is 11.5. The molecule has 2 N–H and O–H groups in total. The van der Waals surface area contributed by atoms with Crippen LogP contribution in [-0.2, 0) is 23.9 Å². The number of nitrogens with one attached hydrogen (secondary N) is 1. The van der Waals surface area contributed by atoms with Crippen LogP contribution in [0.25, 0.3) is 0 Å². The topological polar surface area (TPSA) is 133 Å². The SMILES string of the molecule is COC(=O)[C@H](CC(=O)N1CCN(C(=O)c2c(Cl)cccc2Cl)CC1)NC(=O)[C@H]1CC[C@](C)(C(=O)O)C1(C)C. The van der Waals surface area contributed by atoms with Crippen LogP contribution >= 0.6 is 23.2 Å². The summed E-state index contributed by atoms with van der Waals surface area (Å²) < 4.78 is 4.82. The maximum Gasteiger partial charge on any atom is 0.328 e. The Bertz CT molecular complexity index is 1110. The number of piperazine rings is 1. The van der Waals surface area contributed by atoms with Crippen LogP contribution in [0.15, 0.2) is 18.2 Å². The number of aliphatic carboxylic acids is 1. The highest BCUT2D eigenvalue weighted by atomic mass is 35.5. The van der Waals surface area contributed by atoms with Crippen molar-refractivity contribution in [2.45, 2.75) is 46.1 Å². The van der Waals surface area contributed by atoms with Crippen molar-refractivity contribution in [3.05, 3.63) is 33.8 Å². The lowest BCUT2D eigenvalue weighted by atomic mass is 9.65. The number of hydrogen-bond acceptors (Lipinski definition) is 6. The Morgan fingerprint density at radius 2 is 1.61 bits per heavy atom. The van der Waals surface area contributed by atoms with Gasteiger partial charge in [-0.15, -0.1) is 0 Å². The van der Waals surface area contributed by atoms with Crippen molar-refractivity contribution in [2.24, 2.45) is 16.7 Å². The predicted molar refractivity (Wildman–Crippen MR) is 140 cm³/mol. The third-order valence-electron chi connectivity index (χ3n) is 8.29. The second-order valence-corrected chi connectivity index (χ2v) is 11.3. The van der Waals surface area contributed by atoms with E-state index >= 15 is 0 Å². The number of hydrogen-bond donors (Lipinski definition) is 2. The van der Waals surface area contributed by atoms with Crippen molar-refractivity contribution < 1.29 is 33.8 Å². The summed E-state index contributed by atoms with van der Waals surface area (Å²) in [5.74, 6) is -3.62. The number of halogens is 2. The van der Waals surface area contributed by atoms with E-state index in [1.54, 1.807) is 43.9 Å². The summed E-state index contributed by atoms with van der Waals surface area (Å²) >= 11 is 12.3. The molecule has 0 unspecified atom stereocenters. The molecule has 1 heterocycles. The number of carboxylic acids is 1. The summed E-state index contributed by atoms with van der Waals surface area (Å²) in [7, 11) is 1.16. The molecule has 208 valence electrons. The molecule has 1 aliphatic heterocycles.